The summed E-state index contributed by atoms with van der Waals surface area (Å²) in [5.74, 6) is -13.5. The van der Waals surface area contributed by atoms with Gasteiger partial charge in [0, 0.05) is 37.9 Å². The zero-order chi connectivity index (χ0) is 61.6. The van der Waals surface area contributed by atoms with E-state index in [1.54, 1.807) is 105 Å². The largest absolute Gasteiger partial charge is 0.481 e. The summed E-state index contributed by atoms with van der Waals surface area (Å²) < 4.78 is 0. The highest BCUT2D eigenvalue weighted by Crippen LogP contribution is 2.13. The van der Waals surface area contributed by atoms with Gasteiger partial charge in [-0.2, -0.15) is 12.6 Å². The Hall–Kier alpha value is -8.43. The van der Waals surface area contributed by atoms with Crippen molar-refractivity contribution in [3.05, 3.63) is 108 Å². The maximum atomic E-state index is 14.4. The van der Waals surface area contributed by atoms with Crippen molar-refractivity contribution in [1.29, 1.82) is 0 Å². The summed E-state index contributed by atoms with van der Waals surface area (Å²) in [5, 5.41) is 48.9. The Balaban J connectivity index is 1.88. The van der Waals surface area contributed by atoms with E-state index in [0.717, 1.165) is 0 Å². The van der Waals surface area contributed by atoms with Crippen molar-refractivity contribution >= 4 is 83.7 Å². The highest BCUT2D eigenvalue weighted by atomic mass is 32.1. The average Bonchev–Trinajstić information content (AvgIpc) is 3.47. The van der Waals surface area contributed by atoms with Crippen LogP contribution < -0.4 is 59.7 Å². The Morgan fingerprint density at radius 2 is 0.819 bits per heavy atom. The van der Waals surface area contributed by atoms with Gasteiger partial charge in [0.25, 0.3) is 0 Å². The van der Waals surface area contributed by atoms with E-state index in [0.29, 0.717) is 29.5 Å². The molecule has 0 spiro atoms. The van der Waals surface area contributed by atoms with E-state index >= 15 is 0 Å². The predicted octanol–water partition coefficient (Wildman–Crippen LogP) is -1.29. The number of aliphatic carboxylic acids is 3. The third-order valence-corrected chi connectivity index (χ3v) is 13.2. The van der Waals surface area contributed by atoms with Crippen molar-refractivity contribution in [2.45, 2.75) is 145 Å². The van der Waals surface area contributed by atoms with Crippen molar-refractivity contribution in [1.82, 2.24) is 42.5 Å². The van der Waals surface area contributed by atoms with Gasteiger partial charge in [-0.15, -0.1) is 0 Å². The zero-order valence-corrected chi connectivity index (χ0v) is 47.1. The summed E-state index contributed by atoms with van der Waals surface area (Å²) in [6.07, 6.45) is -2.29. The minimum Gasteiger partial charge on any atom is -0.481 e. The highest BCUT2D eigenvalue weighted by molar-refractivity contribution is 7.80. The number of amides is 9. The molecule has 0 aliphatic carbocycles. The van der Waals surface area contributed by atoms with Crippen molar-refractivity contribution in [2.24, 2.45) is 23.1 Å². The van der Waals surface area contributed by atoms with Crippen molar-refractivity contribution < 1.29 is 72.9 Å². The van der Waals surface area contributed by atoms with Gasteiger partial charge in [-0.1, -0.05) is 105 Å². The lowest BCUT2D eigenvalue weighted by atomic mass is 10.00. The molecular weight excluding hydrogens is 1100 g/mol. The van der Waals surface area contributed by atoms with Gasteiger partial charge in [-0.3, -0.25) is 52.7 Å². The summed E-state index contributed by atoms with van der Waals surface area (Å²) >= 11 is 4.23. The molecule has 0 heterocycles. The standard InChI is InChI=1S/C56H77N11O15S/c1-32(2)26-39(63-53(78)40(27-33-14-6-3-7-15-33)62-48(73)36(58)21-24-46(69)70)51(76)65-42(30-47(71)72)54(79)67-44(31-83)55(80)64-41(28-34-16-8-4-9-17-34)52(77)61-38(22-23-45(59)68)50(75)60-37(20-12-13-25-57)49(74)66-43(56(81)82)29-35-18-10-5-11-19-35/h3-11,14-19,32,36-44,83H,12-13,20-31,57-58H2,1-2H3,(H2,59,68)(H,60,75)(H,61,77)(H,62,73)(H,63,78)(H,64,80)(H,65,76)(H,66,74)(H,67,79)(H,69,70)(H,71,72)(H,81,82)/t36-,37-,38-,39-,40-,41-,42-,43-,44-/m0/s1. The number of carbonyl (C=O) groups excluding carboxylic acids is 9. The maximum absolute atomic E-state index is 14.4. The fourth-order valence-electron chi connectivity index (χ4n) is 8.36. The van der Waals surface area contributed by atoms with E-state index in [1.165, 1.54) is 0 Å². The fourth-order valence-corrected chi connectivity index (χ4v) is 8.62. The first kappa shape index (κ1) is 68.8. The van der Waals surface area contributed by atoms with Gasteiger partial charge in [0.1, 0.15) is 48.3 Å². The second-order valence-electron chi connectivity index (χ2n) is 20.1. The molecule has 0 saturated carbocycles. The highest BCUT2D eigenvalue weighted by Gasteiger charge is 2.36. The second kappa shape index (κ2) is 36.1. The Morgan fingerprint density at radius 3 is 1.25 bits per heavy atom. The smallest absolute Gasteiger partial charge is 0.326 e. The SMILES string of the molecule is CC(C)C[C@H](NC(=O)[C@H](Cc1ccccc1)NC(=O)[C@@H](N)CCC(=O)O)C(=O)N[C@@H](CC(=O)O)C(=O)N[C@@H](CS)C(=O)N[C@@H](Cc1ccccc1)C(=O)N[C@@H](CCC(N)=O)C(=O)N[C@@H](CCCCN)C(=O)N[C@@H](Cc1ccccc1)C(=O)O. The minimum absolute atomic E-state index is 0.00901. The van der Waals surface area contributed by atoms with Gasteiger partial charge >= 0.3 is 17.9 Å². The van der Waals surface area contributed by atoms with Crippen molar-refractivity contribution in [2.75, 3.05) is 12.3 Å². The molecular formula is C56H77N11O15S. The first-order valence-electron chi connectivity index (χ1n) is 27.0. The van der Waals surface area contributed by atoms with Crippen LogP contribution in [-0.2, 0) is 76.8 Å². The van der Waals surface area contributed by atoms with Crippen LogP contribution in [0.1, 0.15) is 88.3 Å². The summed E-state index contributed by atoms with van der Waals surface area (Å²) in [5.41, 5.74) is 18.8. The van der Waals surface area contributed by atoms with Crippen molar-refractivity contribution in [3.63, 3.8) is 0 Å². The number of carboxylic acid groups (broad SMARTS) is 3. The number of hydrogen-bond acceptors (Lipinski definition) is 15. The number of carboxylic acids is 3. The van der Waals surface area contributed by atoms with Crippen LogP contribution in [-0.4, -0.2) is 153 Å². The van der Waals surface area contributed by atoms with Crippen LogP contribution in [0.5, 0.6) is 0 Å². The molecule has 0 radical (unpaired) electrons. The monoisotopic (exact) mass is 1180 g/mol. The first-order chi connectivity index (χ1) is 39.4. The summed E-state index contributed by atoms with van der Waals surface area (Å²) in [6, 6.07) is 11.7. The van der Waals surface area contributed by atoms with Crippen molar-refractivity contribution in [3.8, 4) is 0 Å². The number of nitrogens with two attached hydrogens (primary N) is 3. The number of unbranched alkanes of at least 4 members (excludes halogenated alkanes) is 1. The summed E-state index contributed by atoms with van der Waals surface area (Å²) in [4.78, 5) is 159. The van der Waals surface area contributed by atoms with Gasteiger partial charge in [-0.05, 0) is 67.7 Å². The molecule has 3 aromatic rings. The van der Waals surface area contributed by atoms with Gasteiger partial charge < -0.3 is 75.1 Å². The number of nitrogens with one attached hydrogen (secondary N) is 8. The maximum Gasteiger partial charge on any atom is 0.326 e. The molecule has 0 aliphatic heterocycles. The van der Waals surface area contributed by atoms with E-state index < -0.39 is 157 Å². The zero-order valence-electron chi connectivity index (χ0n) is 46.3. The quantitative estimate of drug-likeness (QED) is 0.0235. The molecule has 0 saturated heterocycles. The average molecular weight is 1180 g/mol. The van der Waals surface area contributed by atoms with E-state index in [1.807, 2.05) is 0 Å². The molecule has 9 atom stereocenters. The Kier molecular flexibility index (Phi) is 30.0. The number of rotatable bonds is 38. The lowest BCUT2D eigenvalue weighted by molar-refractivity contribution is -0.142. The van der Waals surface area contributed by atoms with E-state index in [-0.39, 0.29) is 51.0 Å². The third kappa shape index (κ3) is 25.9. The molecule has 3 rings (SSSR count). The molecule has 17 N–H and O–H groups in total. The molecule has 0 fully saturated rings. The van der Waals surface area contributed by atoms with Crippen LogP contribution in [0.15, 0.2) is 91.0 Å². The van der Waals surface area contributed by atoms with Crippen LogP contribution in [0.4, 0.5) is 0 Å². The Bertz CT molecular complexity index is 2670. The molecule has 0 bridgehead atoms. The molecule has 0 aliphatic rings. The van der Waals surface area contributed by atoms with E-state index in [4.69, 9.17) is 22.3 Å². The first-order valence-corrected chi connectivity index (χ1v) is 27.6. The van der Waals surface area contributed by atoms with Gasteiger partial charge in [0.15, 0.2) is 0 Å². The molecule has 9 amide bonds. The minimum atomic E-state index is -1.89. The van der Waals surface area contributed by atoms with Crippen LogP contribution >= 0.6 is 12.6 Å². The normalized spacial score (nSPS) is 14.2. The Morgan fingerprint density at radius 1 is 0.446 bits per heavy atom. The molecule has 0 unspecified atom stereocenters. The molecule has 452 valence electrons. The molecule has 3 aromatic carbocycles. The van der Waals surface area contributed by atoms with Crippen LogP contribution in [0.2, 0.25) is 0 Å². The summed E-state index contributed by atoms with van der Waals surface area (Å²) in [7, 11) is 0. The van der Waals surface area contributed by atoms with E-state index in [2.05, 4.69) is 55.2 Å². The Labute approximate surface area is 485 Å². The number of carbonyl (C=O) groups is 12. The lowest BCUT2D eigenvalue weighted by Crippen LogP contribution is -2.61. The number of thiol groups is 1. The number of benzene rings is 3. The molecule has 26 nitrogen and oxygen atoms in total. The van der Waals surface area contributed by atoms with Crippen LogP contribution in [0.25, 0.3) is 0 Å². The lowest BCUT2D eigenvalue weighted by Gasteiger charge is -2.28. The van der Waals surface area contributed by atoms with Gasteiger partial charge in [-0.25, -0.2) is 4.79 Å². The fraction of sp³-hybridized carbons (Fsp3) is 0.464. The third-order valence-electron chi connectivity index (χ3n) is 12.8. The number of primary amides is 1. The number of hydrogen-bond donors (Lipinski definition) is 15. The topological polar surface area (TPSA) is 440 Å². The summed E-state index contributed by atoms with van der Waals surface area (Å²) in [6.45, 7) is 3.66. The van der Waals surface area contributed by atoms with E-state index in [9.17, 15) is 67.7 Å². The predicted molar refractivity (Wildman–Crippen MR) is 305 cm³/mol. The van der Waals surface area contributed by atoms with Gasteiger partial charge in [0.05, 0.1) is 12.5 Å². The molecule has 83 heavy (non-hydrogen) atoms. The van der Waals surface area contributed by atoms with Gasteiger partial charge in [0.2, 0.25) is 53.2 Å². The molecule has 27 heteroatoms. The van der Waals surface area contributed by atoms with Crippen LogP contribution in [0, 0.1) is 5.92 Å². The second-order valence-corrected chi connectivity index (χ2v) is 20.5. The van der Waals surface area contributed by atoms with Crippen LogP contribution in [0.3, 0.4) is 0 Å². The molecule has 0 aromatic heterocycles.